The quantitative estimate of drug-likeness (QED) is 0.325. The number of nitrogens with one attached hydrogen (secondary N) is 1. The van der Waals surface area contributed by atoms with Crippen molar-refractivity contribution in [3.05, 3.63) is 71.4 Å². The van der Waals surface area contributed by atoms with Crippen molar-refractivity contribution < 1.29 is 23.8 Å². The third-order valence-corrected chi connectivity index (χ3v) is 7.11. The van der Waals surface area contributed by atoms with Crippen LogP contribution in [0.15, 0.2) is 48.7 Å². The van der Waals surface area contributed by atoms with Crippen LogP contribution >= 0.6 is 0 Å². The smallest absolute Gasteiger partial charge is 0.354 e. The molecule has 1 aliphatic rings. The van der Waals surface area contributed by atoms with E-state index in [-0.39, 0.29) is 23.3 Å². The third kappa shape index (κ3) is 3.82. The molecule has 1 aliphatic heterocycles. The van der Waals surface area contributed by atoms with Gasteiger partial charge in [0.15, 0.2) is 5.69 Å². The van der Waals surface area contributed by atoms with Gasteiger partial charge < -0.3 is 19.1 Å². The maximum Gasteiger partial charge on any atom is 0.354 e. The van der Waals surface area contributed by atoms with Gasteiger partial charge in [0.25, 0.3) is 0 Å². The molecule has 2 N–H and O–H groups in total. The minimum atomic E-state index is -1.13. The van der Waals surface area contributed by atoms with Gasteiger partial charge in [-0.25, -0.2) is 14.2 Å². The van der Waals surface area contributed by atoms with Crippen LogP contribution in [0.3, 0.4) is 0 Å². The molecule has 1 fully saturated rings. The molecular weight excluding hydrogens is 475 g/mol. The van der Waals surface area contributed by atoms with Crippen molar-refractivity contribution in [2.24, 2.45) is 0 Å². The second-order valence-electron chi connectivity index (χ2n) is 9.30. The summed E-state index contributed by atoms with van der Waals surface area (Å²) < 4.78 is 27.8. The molecule has 3 aromatic heterocycles. The van der Waals surface area contributed by atoms with E-state index in [1.165, 1.54) is 19.2 Å². The van der Waals surface area contributed by atoms with Crippen LogP contribution < -0.4 is 4.74 Å². The second-order valence-corrected chi connectivity index (χ2v) is 9.30. The molecule has 0 radical (unpaired) electrons. The van der Waals surface area contributed by atoms with Crippen molar-refractivity contribution in [1.82, 2.24) is 19.7 Å². The molecule has 4 heterocycles. The Balaban J connectivity index is 1.76. The highest BCUT2D eigenvalue weighted by Gasteiger charge is 2.30. The van der Waals surface area contributed by atoms with E-state index in [2.05, 4.69) is 25.8 Å². The first-order valence-corrected chi connectivity index (χ1v) is 12.1. The number of aromatic amines is 1. The van der Waals surface area contributed by atoms with Crippen LogP contribution in [0.1, 0.15) is 40.5 Å². The monoisotopic (exact) mass is 500 g/mol. The van der Waals surface area contributed by atoms with E-state index in [1.54, 1.807) is 25.3 Å². The maximum atomic E-state index is 14.3. The molecule has 0 unspecified atom stereocenters. The number of carboxylic acid groups (broad SMARTS) is 1. The zero-order valence-electron chi connectivity index (χ0n) is 20.4. The molecule has 1 saturated heterocycles. The molecule has 37 heavy (non-hydrogen) atoms. The topological polar surface area (TPSA) is 102 Å². The standard InChI is InChI=1S/C28H25FN4O4/c1-15-11-18(3-5-21(15)29)33-24-12-17-14-30-32-23(17)13-20(24)25(26(33)16-7-9-37-10-8-16)19-4-6-22(28(34)35)31-27(19)36-2/h3-6,11-14,16H,7-10H2,1-2H3,(H,30,32)(H,34,35). The van der Waals surface area contributed by atoms with Crippen LogP contribution in [-0.4, -0.2) is 51.1 Å². The summed E-state index contributed by atoms with van der Waals surface area (Å²) in [5.74, 6) is -1.02. The number of hydrogen-bond donors (Lipinski definition) is 2. The highest BCUT2D eigenvalue weighted by atomic mass is 19.1. The molecule has 9 heteroatoms. The summed E-state index contributed by atoms with van der Waals surface area (Å²) in [6, 6.07) is 12.5. The molecular formula is C28H25FN4O4. The predicted octanol–water partition coefficient (Wildman–Crippen LogP) is 5.62. The number of rotatable bonds is 5. The zero-order chi connectivity index (χ0) is 25.7. The summed E-state index contributed by atoms with van der Waals surface area (Å²) >= 11 is 0. The molecule has 0 bridgehead atoms. The SMILES string of the molecule is COc1nc(C(=O)O)ccc1-c1c(C2CCOCC2)n(-c2ccc(F)c(C)c2)c2cc3cn[nH]c3cc12. The van der Waals surface area contributed by atoms with Crippen molar-refractivity contribution in [3.63, 3.8) is 0 Å². The van der Waals surface area contributed by atoms with Gasteiger partial charge >= 0.3 is 5.97 Å². The van der Waals surface area contributed by atoms with Crippen LogP contribution in [0.25, 0.3) is 38.6 Å². The van der Waals surface area contributed by atoms with Gasteiger partial charge in [-0.05, 0) is 67.8 Å². The summed E-state index contributed by atoms with van der Waals surface area (Å²) in [5, 5.41) is 18.7. The Morgan fingerprint density at radius 3 is 2.73 bits per heavy atom. The molecule has 0 spiro atoms. The number of carbonyl (C=O) groups is 1. The number of halogens is 1. The van der Waals surface area contributed by atoms with Crippen LogP contribution in [-0.2, 0) is 4.74 Å². The van der Waals surface area contributed by atoms with Crippen LogP contribution in [0.2, 0.25) is 0 Å². The number of carboxylic acids is 1. The minimum absolute atomic E-state index is 0.0953. The fourth-order valence-electron chi connectivity index (χ4n) is 5.34. The third-order valence-electron chi connectivity index (χ3n) is 7.11. The van der Waals surface area contributed by atoms with Gasteiger partial charge in [-0.2, -0.15) is 5.10 Å². The summed E-state index contributed by atoms with van der Waals surface area (Å²) in [4.78, 5) is 15.9. The van der Waals surface area contributed by atoms with E-state index >= 15 is 0 Å². The summed E-state index contributed by atoms with van der Waals surface area (Å²) in [6.07, 6.45) is 3.40. The number of aromatic nitrogens is 4. The molecule has 5 aromatic rings. The van der Waals surface area contributed by atoms with E-state index in [4.69, 9.17) is 9.47 Å². The molecule has 0 atom stereocenters. The van der Waals surface area contributed by atoms with Gasteiger partial charge in [0.1, 0.15) is 5.82 Å². The maximum absolute atomic E-state index is 14.3. The summed E-state index contributed by atoms with van der Waals surface area (Å²) in [7, 11) is 1.49. The van der Waals surface area contributed by atoms with Gasteiger partial charge in [-0.15, -0.1) is 0 Å². The van der Waals surface area contributed by atoms with Gasteiger partial charge in [0.2, 0.25) is 5.88 Å². The Kier molecular flexibility index (Phi) is 5.64. The second kappa shape index (κ2) is 9.01. The Bertz CT molecular complexity index is 1670. The van der Waals surface area contributed by atoms with Gasteiger partial charge in [0.05, 0.1) is 24.3 Å². The minimum Gasteiger partial charge on any atom is -0.481 e. The Hall–Kier alpha value is -4.24. The van der Waals surface area contributed by atoms with E-state index < -0.39 is 5.97 Å². The van der Waals surface area contributed by atoms with Crippen LogP contribution in [0.5, 0.6) is 5.88 Å². The molecule has 0 aliphatic carbocycles. The molecule has 188 valence electrons. The van der Waals surface area contributed by atoms with Crippen molar-refractivity contribution in [3.8, 4) is 22.7 Å². The molecule has 6 rings (SSSR count). The van der Waals surface area contributed by atoms with Crippen molar-refractivity contribution >= 4 is 27.8 Å². The van der Waals surface area contributed by atoms with Gasteiger partial charge in [-0.1, -0.05) is 0 Å². The van der Waals surface area contributed by atoms with Crippen molar-refractivity contribution in [1.29, 1.82) is 0 Å². The Morgan fingerprint density at radius 1 is 1.19 bits per heavy atom. The first-order valence-electron chi connectivity index (χ1n) is 12.1. The highest BCUT2D eigenvalue weighted by Crippen LogP contribution is 2.46. The number of H-pyrrole nitrogens is 1. The van der Waals surface area contributed by atoms with E-state index in [1.807, 2.05) is 12.1 Å². The Labute approximate surface area is 211 Å². The average molecular weight is 501 g/mol. The van der Waals surface area contributed by atoms with Gasteiger partial charge in [0, 0.05) is 52.4 Å². The lowest BCUT2D eigenvalue weighted by molar-refractivity contribution is 0.0689. The lowest BCUT2D eigenvalue weighted by Gasteiger charge is -2.26. The van der Waals surface area contributed by atoms with Crippen LogP contribution in [0.4, 0.5) is 4.39 Å². The molecule has 0 saturated carbocycles. The first-order chi connectivity index (χ1) is 18.0. The molecule has 0 amide bonds. The number of nitrogens with zero attached hydrogens (tertiary/aromatic N) is 3. The van der Waals surface area contributed by atoms with E-state index in [0.717, 1.165) is 51.6 Å². The number of hydrogen-bond acceptors (Lipinski definition) is 5. The Morgan fingerprint density at radius 2 is 2.00 bits per heavy atom. The lowest BCUT2D eigenvalue weighted by Crippen LogP contribution is -2.17. The normalized spacial score (nSPS) is 14.5. The number of benzene rings is 2. The van der Waals surface area contributed by atoms with E-state index in [9.17, 15) is 14.3 Å². The lowest BCUT2D eigenvalue weighted by atomic mass is 9.90. The average Bonchev–Trinajstić information content (AvgIpc) is 3.50. The summed E-state index contributed by atoms with van der Waals surface area (Å²) in [6.45, 7) is 3.02. The van der Waals surface area contributed by atoms with Crippen LogP contribution in [0, 0.1) is 12.7 Å². The highest BCUT2D eigenvalue weighted by molar-refractivity contribution is 6.06. The fourth-order valence-corrected chi connectivity index (χ4v) is 5.34. The zero-order valence-corrected chi connectivity index (χ0v) is 20.4. The van der Waals surface area contributed by atoms with Crippen molar-refractivity contribution in [2.45, 2.75) is 25.7 Å². The largest absolute Gasteiger partial charge is 0.481 e. The van der Waals surface area contributed by atoms with E-state index in [0.29, 0.717) is 24.3 Å². The number of aromatic carboxylic acids is 1. The summed E-state index contributed by atoms with van der Waals surface area (Å²) in [5.41, 5.74) is 5.73. The number of aryl methyl sites for hydroxylation is 1. The number of ether oxygens (including phenoxy) is 2. The number of methoxy groups -OCH3 is 1. The molecule has 2 aromatic carbocycles. The number of pyridine rings is 1. The predicted molar refractivity (Wildman–Crippen MR) is 137 cm³/mol. The number of fused-ring (bicyclic) bond motifs is 2. The fraction of sp³-hybridized carbons (Fsp3) is 0.250. The molecule has 8 nitrogen and oxygen atoms in total. The van der Waals surface area contributed by atoms with Gasteiger partial charge in [-0.3, -0.25) is 5.10 Å². The van der Waals surface area contributed by atoms with Crippen molar-refractivity contribution in [2.75, 3.05) is 20.3 Å². The first kappa shape index (κ1) is 23.2.